The van der Waals surface area contributed by atoms with Crippen molar-refractivity contribution in [2.24, 2.45) is 11.7 Å². The van der Waals surface area contributed by atoms with Crippen molar-refractivity contribution >= 4 is 0 Å². The fraction of sp³-hybridized carbons (Fsp3) is 0.647. The third-order valence-corrected chi connectivity index (χ3v) is 4.70. The van der Waals surface area contributed by atoms with Crippen LogP contribution in [0.3, 0.4) is 0 Å². The van der Waals surface area contributed by atoms with E-state index in [9.17, 15) is 0 Å². The Bertz CT molecular complexity index is 340. The van der Waals surface area contributed by atoms with E-state index in [1.807, 2.05) is 0 Å². The minimum Gasteiger partial charge on any atom is -0.321 e. The Morgan fingerprint density at radius 3 is 2.39 bits per heavy atom. The monoisotopic (exact) mass is 245 g/mol. The summed E-state index contributed by atoms with van der Waals surface area (Å²) in [4.78, 5) is 0. The van der Waals surface area contributed by atoms with Crippen molar-refractivity contribution in [3.63, 3.8) is 0 Å². The van der Waals surface area contributed by atoms with Crippen LogP contribution < -0.4 is 5.73 Å². The van der Waals surface area contributed by atoms with Crippen molar-refractivity contribution in [1.82, 2.24) is 0 Å². The van der Waals surface area contributed by atoms with E-state index in [1.165, 1.54) is 44.1 Å². The fourth-order valence-corrected chi connectivity index (χ4v) is 3.23. The Kier molecular flexibility index (Phi) is 4.82. The van der Waals surface area contributed by atoms with Gasteiger partial charge in [0, 0.05) is 5.54 Å². The molecule has 1 unspecified atom stereocenters. The molecule has 0 radical (unpaired) electrons. The molecule has 1 nitrogen and oxygen atoms in total. The van der Waals surface area contributed by atoms with E-state index < -0.39 is 0 Å². The summed E-state index contributed by atoms with van der Waals surface area (Å²) in [6.07, 6.45) is 10.6. The zero-order valence-corrected chi connectivity index (χ0v) is 11.7. The normalized spacial score (nSPS) is 20.6. The summed E-state index contributed by atoms with van der Waals surface area (Å²) in [5, 5.41) is 0. The maximum absolute atomic E-state index is 6.64. The van der Waals surface area contributed by atoms with E-state index >= 15 is 0 Å². The van der Waals surface area contributed by atoms with Crippen molar-refractivity contribution in [2.45, 2.75) is 63.8 Å². The van der Waals surface area contributed by atoms with Crippen LogP contribution in [0, 0.1) is 5.92 Å². The topological polar surface area (TPSA) is 26.0 Å². The molecule has 0 aliphatic heterocycles. The van der Waals surface area contributed by atoms with E-state index in [-0.39, 0.29) is 5.54 Å². The van der Waals surface area contributed by atoms with Crippen LogP contribution in [0.15, 0.2) is 30.3 Å². The van der Waals surface area contributed by atoms with Crippen LogP contribution in [0.25, 0.3) is 0 Å². The Hall–Kier alpha value is -0.820. The average Bonchev–Trinajstić information content (AvgIpc) is 2.47. The molecular weight excluding hydrogens is 218 g/mol. The molecule has 1 aliphatic rings. The number of nitrogens with two attached hydrogens (primary N) is 1. The van der Waals surface area contributed by atoms with Crippen LogP contribution in [0.5, 0.6) is 0 Å². The molecule has 1 aromatic rings. The Balaban J connectivity index is 1.95. The summed E-state index contributed by atoms with van der Waals surface area (Å²) in [5.74, 6) is 0.928. The van der Waals surface area contributed by atoms with Gasteiger partial charge < -0.3 is 5.73 Å². The average molecular weight is 245 g/mol. The lowest BCUT2D eigenvalue weighted by Crippen LogP contribution is -2.36. The summed E-state index contributed by atoms with van der Waals surface area (Å²) in [6, 6.07) is 10.6. The minimum absolute atomic E-state index is 0.112. The summed E-state index contributed by atoms with van der Waals surface area (Å²) in [5.41, 5.74) is 7.83. The van der Waals surface area contributed by atoms with Crippen LogP contribution in [0.1, 0.15) is 63.9 Å². The Morgan fingerprint density at radius 2 is 1.78 bits per heavy atom. The molecule has 0 saturated heterocycles. The van der Waals surface area contributed by atoms with Crippen molar-refractivity contribution in [3.05, 3.63) is 35.9 Å². The van der Waals surface area contributed by atoms with E-state index in [1.54, 1.807) is 0 Å². The zero-order chi connectivity index (χ0) is 12.8. The van der Waals surface area contributed by atoms with Crippen LogP contribution in [0.2, 0.25) is 0 Å². The van der Waals surface area contributed by atoms with E-state index in [0.717, 1.165) is 18.8 Å². The van der Waals surface area contributed by atoms with Crippen LogP contribution >= 0.6 is 0 Å². The predicted octanol–water partition coefficient (Wildman–Crippen LogP) is 4.61. The van der Waals surface area contributed by atoms with Gasteiger partial charge in [0.15, 0.2) is 0 Å². The number of rotatable bonds is 5. The second-order valence-corrected chi connectivity index (χ2v) is 5.92. The highest BCUT2D eigenvalue weighted by molar-refractivity contribution is 5.23. The first-order chi connectivity index (χ1) is 8.74. The van der Waals surface area contributed by atoms with Gasteiger partial charge >= 0.3 is 0 Å². The fourth-order valence-electron chi connectivity index (χ4n) is 3.23. The maximum Gasteiger partial charge on any atom is 0.0407 e. The third-order valence-electron chi connectivity index (χ3n) is 4.70. The molecule has 18 heavy (non-hydrogen) atoms. The molecule has 2 N–H and O–H groups in total. The highest BCUT2D eigenvalue weighted by atomic mass is 14.7. The summed E-state index contributed by atoms with van der Waals surface area (Å²) >= 11 is 0. The molecule has 2 rings (SSSR count). The molecule has 0 heterocycles. The lowest BCUT2D eigenvalue weighted by molar-refractivity contribution is 0.284. The van der Waals surface area contributed by atoms with Crippen LogP contribution in [-0.4, -0.2) is 0 Å². The Labute approximate surface area is 112 Å². The van der Waals surface area contributed by atoms with Gasteiger partial charge in [-0.3, -0.25) is 0 Å². The molecule has 100 valence electrons. The first kappa shape index (κ1) is 13.6. The van der Waals surface area contributed by atoms with Crippen molar-refractivity contribution in [3.8, 4) is 0 Å². The quantitative estimate of drug-likeness (QED) is 0.805. The molecule has 1 aliphatic carbocycles. The molecule has 1 aromatic carbocycles. The lowest BCUT2D eigenvalue weighted by Gasteiger charge is -2.31. The molecule has 1 saturated carbocycles. The standard InChI is InChI=1S/C17H27N/c1-2-17(18,16-11-7-4-8-12-16)14-13-15-9-5-3-6-10-15/h4,7-8,11-12,15H,2-3,5-6,9-10,13-14,18H2,1H3. The van der Waals surface area contributed by atoms with Crippen LogP contribution in [-0.2, 0) is 5.54 Å². The summed E-state index contributed by atoms with van der Waals surface area (Å²) < 4.78 is 0. The molecule has 0 bridgehead atoms. The van der Waals surface area contributed by atoms with Gasteiger partial charge in [0.2, 0.25) is 0 Å². The zero-order valence-electron chi connectivity index (χ0n) is 11.7. The predicted molar refractivity (Wildman–Crippen MR) is 78.4 cm³/mol. The van der Waals surface area contributed by atoms with Crippen molar-refractivity contribution < 1.29 is 0 Å². The highest BCUT2D eigenvalue weighted by Gasteiger charge is 2.26. The van der Waals surface area contributed by atoms with Gasteiger partial charge in [-0.1, -0.05) is 69.4 Å². The van der Waals surface area contributed by atoms with Gasteiger partial charge in [-0.25, -0.2) is 0 Å². The number of hydrogen-bond acceptors (Lipinski definition) is 1. The third kappa shape index (κ3) is 3.35. The van der Waals surface area contributed by atoms with Crippen molar-refractivity contribution in [1.29, 1.82) is 0 Å². The highest BCUT2D eigenvalue weighted by Crippen LogP contribution is 2.33. The molecule has 1 atom stereocenters. The first-order valence-electron chi connectivity index (χ1n) is 7.59. The van der Waals surface area contributed by atoms with Crippen molar-refractivity contribution in [2.75, 3.05) is 0 Å². The van der Waals surface area contributed by atoms with Gasteiger partial charge in [-0.15, -0.1) is 0 Å². The molecule has 0 amide bonds. The Morgan fingerprint density at radius 1 is 1.11 bits per heavy atom. The minimum atomic E-state index is -0.112. The van der Waals surface area contributed by atoms with Gasteiger partial charge in [0.05, 0.1) is 0 Å². The van der Waals surface area contributed by atoms with E-state index in [2.05, 4.69) is 37.3 Å². The van der Waals surface area contributed by atoms with Gasteiger partial charge in [-0.2, -0.15) is 0 Å². The summed E-state index contributed by atoms with van der Waals surface area (Å²) in [7, 11) is 0. The number of hydrogen-bond donors (Lipinski definition) is 1. The van der Waals surface area contributed by atoms with Gasteiger partial charge in [0.25, 0.3) is 0 Å². The van der Waals surface area contributed by atoms with Gasteiger partial charge in [0.1, 0.15) is 0 Å². The van der Waals surface area contributed by atoms with E-state index in [4.69, 9.17) is 5.73 Å². The largest absolute Gasteiger partial charge is 0.321 e. The van der Waals surface area contributed by atoms with Gasteiger partial charge in [-0.05, 0) is 30.7 Å². The second-order valence-electron chi connectivity index (χ2n) is 5.92. The van der Waals surface area contributed by atoms with Crippen LogP contribution in [0.4, 0.5) is 0 Å². The molecule has 0 aromatic heterocycles. The van der Waals surface area contributed by atoms with E-state index in [0.29, 0.717) is 0 Å². The molecule has 1 fully saturated rings. The first-order valence-corrected chi connectivity index (χ1v) is 7.59. The second kappa shape index (κ2) is 6.38. The smallest absolute Gasteiger partial charge is 0.0407 e. The molecule has 1 heteroatoms. The summed E-state index contributed by atoms with van der Waals surface area (Å²) in [6.45, 7) is 2.22. The molecule has 0 spiro atoms. The number of benzene rings is 1. The molecular formula is C17H27N. The maximum atomic E-state index is 6.64. The lowest BCUT2D eigenvalue weighted by atomic mass is 9.78. The SMILES string of the molecule is CCC(N)(CCC1CCCCC1)c1ccccc1.